The van der Waals surface area contributed by atoms with Crippen LogP contribution in [0.25, 0.3) is 0 Å². The van der Waals surface area contributed by atoms with Crippen LogP contribution in [0, 0.1) is 0 Å². The first kappa shape index (κ1) is 20.7. The average molecular weight is 451 g/mol. The zero-order valence-electron chi connectivity index (χ0n) is 17.5. The zero-order chi connectivity index (χ0) is 22.1. The van der Waals surface area contributed by atoms with Crippen molar-refractivity contribution in [2.45, 2.75) is 25.6 Å². The van der Waals surface area contributed by atoms with Gasteiger partial charge >= 0.3 is 0 Å². The second kappa shape index (κ2) is 8.73. The number of nitrogens with zero attached hydrogens (tertiary/aromatic N) is 1. The van der Waals surface area contributed by atoms with Gasteiger partial charge in [-0.05, 0) is 42.8 Å². The maximum Gasteiger partial charge on any atom is 0.231 e. The Bertz CT molecular complexity index is 1180. The van der Waals surface area contributed by atoms with Gasteiger partial charge in [-0.25, -0.2) is 0 Å². The molecule has 0 radical (unpaired) electrons. The summed E-state index contributed by atoms with van der Waals surface area (Å²) in [6.07, 6.45) is 0.196. The molecular weight excluding hydrogens is 428 g/mol. The summed E-state index contributed by atoms with van der Waals surface area (Å²) in [7, 11) is 0. The van der Waals surface area contributed by atoms with Gasteiger partial charge in [0.1, 0.15) is 6.17 Å². The third-order valence-corrected chi connectivity index (χ3v) is 6.00. The Balaban J connectivity index is 1.57. The van der Waals surface area contributed by atoms with Crippen LogP contribution in [-0.4, -0.2) is 24.2 Å². The lowest BCUT2D eigenvalue weighted by molar-refractivity contribution is 0.174. The molecule has 0 unspecified atom stereocenters. The van der Waals surface area contributed by atoms with Crippen LogP contribution in [0.1, 0.15) is 42.2 Å². The molecule has 0 spiro atoms. The molecule has 0 saturated carbocycles. The van der Waals surface area contributed by atoms with Gasteiger partial charge in [-0.2, -0.15) is 0 Å². The number of aromatic hydroxyl groups is 1. The third kappa shape index (κ3) is 3.87. The Morgan fingerprint density at radius 1 is 1.06 bits per heavy atom. The van der Waals surface area contributed by atoms with Crippen molar-refractivity contribution in [2.24, 2.45) is 4.99 Å². The number of benzene rings is 3. The highest BCUT2D eigenvalue weighted by Gasteiger charge is 2.30. The van der Waals surface area contributed by atoms with Gasteiger partial charge in [-0.1, -0.05) is 41.9 Å². The van der Waals surface area contributed by atoms with E-state index in [-0.39, 0.29) is 24.8 Å². The quantitative estimate of drug-likeness (QED) is 0.544. The predicted octanol–water partition coefficient (Wildman–Crippen LogP) is 5.40. The maximum atomic E-state index is 10.9. The van der Waals surface area contributed by atoms with Crippen LogP contribution >= 0.6 is 11.6 Å². The lowest BCUT2D eigenvalue weighted by Crippen LogP contribution is -2.33. The van der Waals surface area contributed by atoms with Crippen molar-refractivity contribution < 1.29 is 19.3 Å². The number of nitrogens with one attached hydrogen (secondary N) is 1. The summed E-state index contributed by atoms with van der Waals surface area (Å²) in [4.78, 5) is 4.98. The maximum absolute atomic E-state index is 10.9. The molecule has 0 bridgehead atoms. The fourth-order valence-corrected chi connectivity index (χ4v) is 4.34. The van der Waals surface area contributed by atoms with Crippen LogP contribution in [0.2, 0.25) is 5.02 Å². The average Bonchev–Trinajstić information content (AvgIpc) is 3.28. The van der Waals surface area contributed by atoms with Crippen LogP contribution in [-0.2, 0) is 0 Å². The van der Waals surface area contributed by atoms with Crippen molar-refractivity contribution in [3.63, 3.8) is 0 Å². The Hall–Kier alpha value is -3.22. The number of hydrogen-bond donors (Lipinski definition) is 2. The number of halogens is 1. The number of aliphatic imine (C=N–C) groups is 1. The number of rotatable bonds is 5. The van der Waals surface area contributed by atoms with Gasteiger partial charge in [0, 0.05) is 34.3 Å². The standard InChI is InChI=1S/C25H23ClN2O4/c1-2-30-22-9-5-7-17(24(22)29)20-13-19(15-10-11-21-23(12-15)32-14-31-21)27-25(28-20)16-6-3-4-8-18(16)26/h3-12,20,25,28-29H,2,13-14H2,1H3/t20-,25+/m1/s1. The van der Waals surface area contributed by atoms with E-state index in [1.807, 2.05) is 61.5 Å². The minimum Gasteiger partial charge on any atom is -0.504 e. The molecule has 6 nitrogen and oxygen atoms in total. The molecule has 5 rings (SSSR count). The molecule has 0 aliphatic carbocycles. The normalized spacial score (nSPS) is 19.5. The molecule has 2 N–H and O–H groups in total. The van der Waals surface area contributed by atoms with E-state index >= 15 is 0 Å². The molecule has 0 fully saturated rings. The molecular formula is C25H23ClN2O4. The molecule has 3 aromatic rings. The smallest absolute Gasteiger partial charge is 0.231 e. The number of phenols is 1. The molecule has 2 heterocycles. The highest BCUT2D eigenvalue weighted by molar-refractivity contribution is 6.31. The van der Waals surface area contributed by atoms with Gasteiger partial charge < -0.3 is 19.3 Å². The Labute approximate surface area is 191 Å². The van der Waals surface area contributed by atoms with E-state index in [1.165, 1.54) is 0 Å². The van der Waals surface area contributed by atoms with Crippen molar-refractivity contribution in [1.82, 2.24) is 5.32 Å². The van der Waals surface area contributed by atoms with Gasteiger partial charge in [0.2, 0.25) is 6.79 Å². The fourth-order valence-electron chi connectivity index (χ4n) is 4.11. The minimum atomic E-state index is -0.377. The summed E-state index contributed by atoms with van der Waals surface area (Å²) >= 11 is 6.50. The van der Waals surface area contributed by atoms with Crippen molar-refractivity contribution in [2.75, 3.05) is 13.4 Å². The first-order chi connectivity index (χ1) is 15.6. The molecule has 2 atom stereocenters. The molecule has 164 valence electrons. The van der Waals surface area contributed by atoms with Gasteiger partial charge in [-0.15, -0.1) is 0 Å². The van der Waals surface area contributed by atoms with E-state index in [9.17, 15) is 5.11 Å². The second-order valence-corrected chi connectivity index (χ2v) is 8.03. The van der Waals surface area contributed by atoms with Crippen molar-refractivity contribution in [1.29, 1.82) is 0 Å². The number of hydrogen-bond acceptors (Lipinski definition) is 6. The molecule has 3 aromatic carbocycles. The molecule has 7 heteroatoms. The van der Waals surface area contributed by atoms with Crippen molar-refractivity contribution in [3.8, 4) is 23.0 Å². The highest BCUT2D eigenvalue weighted by Crippen LogP contribution is 2.41. The Morgan fingerprint density at radius 2 is 1.88 bits per heavy atom. The minimum absolute atomic E-state index is 0.136. The lowest BCUT2D eigenvalue weighted by atomic mass is 9.93. The van der Waals surface area contributed by atoms with Crippen LogP contribution in [0.5, 0.6) is 23.0 Å². The molecule has 0 aromatic heterocycles. The topological polar surface area (TPSA) is 72.3 Å². The van der Waals surface area contributed by atoms with Crippen LogP contribution in [0.4, 0.5) is 0 Å². The van der Waals surface area contributed by atoms with E-state index in [2.05, 4.69) is 5.32 Å². The zero-order valence-corrected chi connectivity index (χ0v) is 18.3. The highest BCUT2D eigenvalue weighted by atomic mass is 35.5. The van der Waals surface area contributed by atoms with E-state index < -0.39 is 0 Å². The van der Waals surface area contributed by atoms with E-state index in [0.29, 0.717) is 29.5 Å². The third-order valence-electron chi connectivity index (χ3n) is 5.65. The summed E-state index contributed by atoms with van der Waals surface area (Å²) < 4.78 is 16.6. The van der Waals surface area contributed by atoms with Crippen LogP contribution in [0.3, 0.4) is 0 Å². The molecule has 0 saturated heterocycles. The fraction of sp³-hybridized carbons (Fsp3) is 0.240. The summed E-state index contributed by atoms with van der Waals surface area (Å²) in [5, 5.41) is 15.1. The lowest BCUT2D eigenvalue weighted by Gasteiger charge is -2.31. The molecule has 32 heavy (non-hydrogen) atoms. The second-order valence-electron chi connectivity index (χ2n) is 7.62. The number of phenolic OH excluding ortho intramolecular Hbond substituents is 1. The Morgan fingerprint density at radius 3 is 2.72 bits per heavy atom. The summed E-state index contributed by atoms with van der Waals surface area (Å²) in [5.41, 5.74) is 3.45. The SMILES string of the molecule is CCOc1cccc([C@H]2CC(c3ccc4c(c3)OCO4)=N[C@H](c3ccccc3Cl)N2)c1O. The number of fused-ring (bicyclic) bond motifs is 1. The first-order valence-corrected chi connectivity index (χ1v) is 10.9. The van der Waals surface area contributed by atoms with Gasteiger partial charge in [0.25, 0.3) is 0 Å². The summed E-state index contributed by atoms with van der Waals surface area (Å²) in [5.74, 6) is 2.03. The van der Waals surface area contributed by atoms with Crippen molar-refractivity contribution in [3.05, 3.63) is 82.4 Å². The van der Waals surface area contributed by atoms with Gasteiger partial charge in [0.05, 0.1) is 6.61 Å². The monoisotopic (exact) mass is 450 g/mol. The molecule has 2 aliphatic rings. The van der Waals surface area contributed by atoms with E-state index in [1.54, 1.807) is 6.07 Å². The van der Waals surface area contributed by atoms with Crippen LogP contribution < -0.4 is 19.5 Å². The molecule has 0 amide bonds. The number of para-hydroxylation sites is 1. The van der Waals surface area contributed by atoms with Gasteiger partial charge in [-0.3, -0.25) is 10.3 Å². The first-order valence-electron chi connectivity index (χ1n) is 10.6. The number of ether oxygens (including phenoxy) is 3. The van der Waals surface area contributed by atoms with E-state index in [4.69, 9.17) is 30.8 Å². The summed E-state index contributed by atoms with van der Waals surface area (Å²) in [6, 6.07) is 18.8. The Kier molecular flexibility index (Phi) is 5.64. The van der Waals surface area contributed by atoms with Gasteiger partial charge in [0.15, 0.2) is 23.0 Å². The summed E-state index contributed by atoms with van der Waals surface area (Å²) in [6.45, 7) is 2.58. The van der Waals surface area contributed by atoms with Crippen LogP contribution in [0.15, 0.2) is 65.7 Å². The van der Waals surface area contributed by atoms with Crippen molar-refractivity contribution >= 4 is 17.3 Å². The largest absolute Gasteiger partial charge is 0.504 e. The van der Waals surface area contributed by atoms with E-state index in [0.717, 1.165) is 28.2 Å². The predicted molar refractivity (Wildman–Crippen MR) is 123 cm³/mol. The molecule has 2 aliphatic heterocycles.